The quantitative estimate of drug-likeness (QED) is 0.749. The first-order valence-electron chi connectivity index (χ1n) is 8.17. The van der Waals surface area contributed by atoms with Gasteiger partial charge in [0.25, 0.3) is 0 Å². The van der Waals surface area contributed by atoms with Crippen LogP contribution >= 0.6 is 12.4 Å². The standard InChI is InChI=1S/C17H21N3O6.ClH/c1-23-12-7-10(8-13(24-2)15(12)25-3)16-18-14(26-19-16)9-20-6-4-5-11(20)17(21)22;/h7-8,11H,4-6,9H2,1-3H3,(H,21,22);1H. The summed E-state index contributed by atoms with van der Waals surface area (Å²) in [6.45, 7) is 0.993. The summed E-state index contributed by atoms with van der Waals surface area (Å²) < 4.78 is 21.3. The molecule has 0 aliphatic carbocycles. The van der Waals surface area contributed by atoms with Crippen LogP contribution in [0.25, 0.3) is 11.4 Å². The number of likely N-dealkylation sites (tertiary alicyclic amines) is 1. The molecule has 2 aromatic rings. The third-order valence-corrected chi connectivity index (χ3v) is 4.38. The summed E-state index contributed by atoms with van der Waals surface area (Å²) in [5, 5.41) is 13.3. The molecule has 1 aliphatic rings. The fourth-order valence-electron chi connectivity index (χ4n) is 3.12. The maximum atomic E-state index is 11.3. The van der Waals surface area contributed by atoms with Gasteiger partial charge >= 0.3 is 5.97 Å². The molecule has 9 nitrogen and oxygen atoms in total. The Balaban J connectivity index is 0.00000261. The number of carbonyl (C=O) groups is 1. The Morgan fingerprint density at radius 1 is 1.26 bits per heavy atom. The van der Waals surface area contributed by atoms with Crippen molar-refractivity contribution in [1.82, 2.24) is 15.0 Å². The van der Waals surface area contributed by atoms with Crippen molar-refractivity contribution in [1.29, 1.82) is 0 Å². The van der Waals surface area contributed by atoms with Crippen LogP contribution in [0.3, 0.4) is 0 Å². The molecular formula is C17H22ClN3O6. The van der Waals surface area contributed by atoms with Gasteiger partial charge in [0.05, 0.1) is 27.9 Å². The van der Waals surface area contributed by atoms with Gasteiger partial charge < -0.3 is 23.8 Å². The van der Waals surface area contributed by atoms with Crippen molar-refractivity contribution in [3.63, 3.8) is 0 Å². The van der Waals surface area contributed by atoms with E-state index < -0.39 is 12.0 Å². The summed E-state index contributed by atoms with van der Waals surface area (Å²) in [7, 11) is 4.59. The smallest absolute Gasteiger partial charge is 0.320 e. The Hall–Kier alpha value is -2.52. The first-order valence-corrected chi connectivity index (χ1v) is 8.17. The molecule has 1 unspecified atom stereocenters. The third kappa shape index (κ3) is 4.25. The summed E-state index contributed by atoms with van der Waals surface area (Å²) in [5.74, 6) is 1.35. The highest BCUT2D eigenvalue weighted by atomic mass is 35.5. The number of nitrogens with zero attached hydrogens (tertiary/aromatic N) is 3. The minimum Gasteiger partial charge on any atom is -0.493 e. The molecule has 1 fully saturated rings. The number of hydrogen-bond acceptors (Lipinski definition) is 8. The highest BCUT2D eigenvalue weighted by Crippen LogP contribution is 2.40. The predicted octanol–water partition coefficient (Wildman–Crippen LogP) is 2.23. The van der Waals surface area contributed by atoms with Gasteiger partial charge in [-0.25, -0.2) is 0 Å². The summed E-state index contributed by atoms with van der Waals surface area (Å²) >= 11 is 0. The number of halogens is 1. The van der Waals surface area contributed by atoms with E-state index in [1.807, 2.05) is 4.90 Å². The van der Waals surface area contributed by atoms with Crippen LogP contribution in [0.2, 0.25) is 0 Å². The lowest BCUT2D eigenvalue weighted by Gasteiger charge is -2.18. The lowest BCUT2D eigenvalue weighted by molar-refractivity contribution is -0.142. The Morgan fingerprint density at radius 2 is 1.93 bits per heavy atom. The SMILES string of the molecule is COc1cc(-c2noc(CN3CCCC3C(=O)O)n2)cc(OC)c1OC.Cl. The van der Waals surface area contributed by atoms with E-state index >= 15 is 0 Å². The zero-order chi connectivity index (χ0) is 18.7. The largest absolute Gasteiger partial charge is 0.493 e. The molecule has 1 saturated heterocycles. The van der Waals surface area contributed by atoms with Gasteiger partial charge in [0.1, 0.15) is 6.04 Å². The lowest BCUT2D eigenvalue weighted by Crippen LogP contribution is -2.35. The third-order valence-electron chi connectivity index (χ3n) is 4.38. The van der Waals surface area contributed by atoms with Crippen molar-refractivity contribution in [3.8, 4) is 28.6 Å². The van der Waals surface area contributed by atoms with Gasteiger partial charge in [-0.05, 0) is 31.5 Å². The van der Waals surface area contributed by atoms with Crippen molar-refractivity contribution in [2.24, 2.45) is 0 Å². The zero-order valence-electron chi connectivity index (χ0n) is 15.3. The van der Waals surface area contributed by atoms with E-state index in [2.05, 4.69) is 10.1 Å². The van der Waals surface area contributed by atoms with E-state index in [4.69, 9.17) is 18.7 Å². The fraction of sp³-hybridized carbons (Fsp3) is 0.471. The summed E-state index contributed by atoms with van der Waals surface area (Å²) in [6, 6.07) is 2.95. The lowest BCUT2D eigenvalue weighted by atomic mass is 10.1. The van der Waals surface area contributed by atoms with Crippen LogP contribution in [0.1, 0.15) is 18.7 Å². The van der Waals surface area contributed by atoms with Crippen molar-refractivity contribution in [2.75, 3.05) is 27.9 Å². The molecule has 0 radical (unpaired) electrons. The first-order chi connectivity index (χ1) is 12.6. The Labute approximate surface area is 162 Å². The van der Waals surface area contributed by atoms with E-state index in [1.165, 1.54) is 21.3 Å². The number of carboxylic acid groups (broad SMARTS) is 1. The molecule has 10 heteroatoms. The van der Waals surface area contributed by atoms with E-state index in [0.29, 0.717) is 54.0 Å². The number of hydrogen-bond donors (Lipinski definition) is 1. The number of ether oxygens (including phenoxy) is 3. The van der Waals surface area contributed by atoms with Gasteiger partial charge in [-0.2, -0.15) is 4.98 Å². The summed E-state index contributed by atoms with van der Waals surface area (Å²) in [5.41, 5.74) is 0.644. The Kier molecular flexibility index (Phi) is 6.86. The van der Waals surface area contributed by atoms with Gasteiger partial charge in [0.2, 0.25) is 17.5 Å². The molecule has 0 spiro atoms. The molecule has 1 aliphatic heterocycles. The second-order valence-corrected chi connectivity index (χ2v) is 5.89. The number of carboxylic acids is 1. The Bertz CT molecular complexity index is 772. The van der Waals surface area contributed by atoms with E-state index in [9.17, 15) is 9.90 Å². The van der Waals surface area contributed by atoms with Crippen molar-refractivity contribution in [2.45, 2.75) is 25.4 Å². The van der Waals surface area contributed by atoms with Crippen LogP contribution < -0.4 is 14.2 Å². The minimum absolute atomic E-state index is 0. The number of benzene rings is 1. The van der Waals surface area contributed by atoms with Gasteiger partial charge in [-0.15, -0.1) is 12.4 Å². The highest BCUT2D eigenvalue weighted by molar-refractivity contribution is 5.85. The van der Waals surface area contributed by atoms with Gasteiger partial charge in [-0.1, -0.05) is 5.16 Å². The monoisotopic (exact) mass is 399 g/mol. The molecule has 1 N–H and O–H groups in total. The van der Waals surface area contributed by atoms with Crippen LogP contribution in [-0.4, -0.2) is 60.0 Å². The fourth-order valence-corrected chi connectivity index (χ4v) is 3.12. The molecule has 0 bridgehead atoms. The van der Waals surface area contributed by atoms with Crippen LogP contribution in [0.4, 0.5) is 0 Å². The first kappa shape index (κ1) is 20.8. The number of aromatic nitrogens is 2. The minimum atomic E-state index is -0.827. The van der Waals surface area contributed by atoms with E-state index in [-0.39, 0.29) is 12.4 Å². The molecule has 1 aromatic heterocycles. The molecule has 2 heterocycles. The molecule has 3 rings (SSSR count). The van der Waals surface area contributed by atoms with Crippen molar-refractivity contribution in [3.05, 3.63) is 18.0 Å². The zero-order valence-corrected chi connectivity index (χ0v) is 16.1. The number of aliphatic carboxylic acids is 1. The van der Waals surface area contributed by atoms with Crippen LogP contribution in [0.5, 0.6) is 17.2 Å². The normalized spacial score (nSPS) is 16.6. The van der Waals surface area contributed by atoms with Crippen molar-refractivity contribution >= 4 is 18.4 Å². The Morgan fingerprint density at radius 3 is 2.48 bits per heavy atom. The van der Waals surface area contributed by atoms with Crippen LogP contribution in [-0.2, 0) is 11.3 Å². The summed E-state index contributed by atoms with van der Waals surface area (Å²) in [6.07, 6.45) is 1.47. The summed E-state index contributed by atoms with van der Waals surface area (Å²) in [4.78, 5) is 17.5. The van der Waals surface area contributed by atoms with Crippen LogP contribution in [0.15, 0.2) is 16.7 Å². The average Bonchev–Trinajstić information content (AvgIpc) is 3.30. The van der Waals surface area contributed by atoms with Crippen molar-refractivity contribution < 1.29 is 28.6 Å². The van der Waals surface area contributed by atoms with Gasteiger partial charge in [0, 0.05) is 5.56 Å². The molecule has 27 heavy (non-hydrogen) atoms. The topological polar surface area (TPSA) is 107 Å². The van der Waals surface area contributed by atoms with Gasteiger partial charge in [0.15, 0.2) is 11.5 Å². The molecule has 1 atom stereocenters. The number of methoxy groups -OCH3 is 3. The number of rotatable bonds is 7. The molecule has 1 aromatic carbocycles. The maximum absolute atomic E-state index is 11.3. The molecule has 148 valence electrons. The van der Waals surface area contributed by atoms with E-state index in [1.54, 1.807) is 12.1 Å². The van der Waals surface area contributed by atoms with Crippen LogP contribution in [0, 0.1) is 0 Å². The predicted molar refractivity (Wildman–Crippen MR) is 97.7 cm³/mol. The second-order valence-electron chi connectivity index (χ2n) is 5.89. The average molecular weight is 400 g/mol. The highest BCUT2D eigenvalue weighted by Gasteiger charge is 2.31. The molecule has 0 amide bonds. The molecule has 0 saturated carbocycles. The van der Waals surface area contributed by atoms with E-state index in [0.717, 1.165) is 6.42 Å². The van der Waals surface area contributed by atoms with Gasteiger partial charge in [-0.3, -0.25) is 9.69 Å². The molecular weight excluding hydrogens is 378 g/mol. The second kappa shape index (κ2) is 8.92. The maximum Gasteiger partial charge on any atom is 0.320 e.